The first-order valence-electron chi connectivity index (χ1n) is 15.4. The van der Waals surface area contributed by atoms with Gasteiger partial charge < -0.3 is 0 Å². The Morgan fingerprint density at radius 1 is 0.558 bits per heavy atom. The normalized spacial score (nSPS) is 22.3. The van der Waals surface area contributed by atoms with Gasteiger partial charge >= 0.3 is 39.3 Å². The van der Waals surface area contributed by atoms with Gasteiger partial charge in [0.15, 0.2) is 0 Å². The van der Waals surface area contributed by atoms with Crippen molar-refractivity contribution in [2.24, 2.45) is 9.98 Å². The van der Waals surface area contributed by atoms with Crippen LogP contribution in [0.15, 0.2) is 58.5 Å². The maximum atomic E-state index is 5.41. The fourth-order valence-electron chi connectivity index (χ4n) is 7.58. The summed E-state index contributed by atoms with van der Waals surface area (Å²) in [7, 11) is 1.25. The van der Waals surface area contributed by atoms with Crippen molar-refractivity contribution in [3.05, 3.63) is 70.8 Å². The molecule has 0 aliphatic heterocycles. The summed E-state index contributed by atoms with van der Waals surface area (Å²) >= 11 is 6.00. The Hall–Kier alpha value is -0.846. The topological polar surface area (TPSA) is 31.2 Å². The summed E-state index contributed by atoms with van der Waals surface area (Å²) in [5.74, 6) is 0.435. The van der Waals surface area contributed by atoms with Crippen molar-refractivity contribution in [3.8, 4) is 0 Å². The van der Waals surface area contributed by atoms with Gasteiger partial charge in [-0.15, -0.1) is 0 Å². The van der Waals surface area contributed by atoms with Crippen LogP contribution in [0.5, 0.6) is 0 Å². The molecular weight excluding hydrogens is 707 g/mol. The second-order valence-corrected chi connectivity index (χ2v) is 20.8. The molecule has 0 spiro atoms. The molecule has 0 heterocycles. The number of fused-ring (bicyclic) bond motifs is 1. The van der Waals surface area contributed by atoms with Gasteiger partial charge in [0.25, 0.3) is 0 Å². The van der Waals surface area contributed by atoms with Crippen LogP contribution in [0.25, 0.3) is 0 Å². The second kappa shape index (κ2) is 14.3. The molecule has 3 aliphatic carbocycles. The summed E-state index contributed by atoms with van der Waals surface area (Å²) in [6, 6.07) is 18.2. The molecule has 7 heteroatoms. The van der Waals surface area contributed by atoms with Crippen LogP contribution < -0.4 is 0 Å². The third-order valence-corrected chi connectivity index (χ3v) is 8.69. The van der Waals surface area contributed by atoms with E-state index in [0.29, 0.717) is 0 Å². The predicted molar refractivity (Wildman–Crippen MR) is 191 cm³/mol. The molecule has 0 fully saturated rings. The monoisotopic (exact) mass is 758 g/mol. The predicted octanol–water partition coefficient (Wildman–Crippen LogP) is 9.64. The molecule has 2 atom stereocenters. The summed E-state index contributed by atoms with van der Waals surface area (Å²) in [5, 5.41) is 0. The SMILES string of the molecule is CC(C)(C)N(CC=N[C@@H]1C2c3ccccc3C(c3ccccc32)[C@H]1N=CCN(C(C)(C)C)C(C)(C)C)C(C)(C)C.[Br][Ni+2][Br]. The standard InChI is InChI=1S/C36H54N4.2BrH.Ni/c1-33(2,3)39(34(4,5)6)23-21-37-31-29-25-17-13-15-19-27(25)30(28-20-16-14-18-26(28)29)32(31)38-22-24-40(35(7,8)9)36(10,11)12;;;/h13-22,29-32H,23-24H2,1-12H3;2*1H;/q;;;+4/p-2/t29?,30?,31-,32-;;;/m1.../s1. The van der Waals surface area contributed by atoms with Crippen LogP contribution in [0.2, 0.25) is 0 Å². The third-order valence-electron chi connectivity index (χ3n) is 8.69. The zero-order valence-corrected chi connectivity index (χ0v) is 32.5. The molecule has 2 bridgehead atoms. The molecule has 2 aromatic rings. The van der Waals surface area contributed by atoms with E-state index in [4.69, 9.17) is 9.98 Å². The van der Waals surface area contributed by atoms with Crippen LogP contribution in [0.1, 0.15) is 117 Å². The van der Waals surface area contributed by atoms with Crippen LogP contribution in [0.4, 0.5) is 0 Å². The Kier molecular flexibility index (Phi) is 12.2. The van der Waals surface area contributed by atoms with E-state index in [-0.39, 0.29) is 46.1 Å². The van der Waals surface area contributed by atoms with E-state index in [1.807, 2.05) is 0 Å². The van der Waals surface area contributed by atoms with E-state index in [2.05, 4.69) is 182 Å². The minimum absolute atomic E-state index is 0.0516. The first-order valence-corrected chi connectivity index (χ1v) is 20.3. The zero-order chi connectivity index (χ0) is 32.4. The van der Waals surface area contributed by atoms with Crippen LogP contribution in [-0.2, 0) is 10.9 Å². The van der Waals surface area contributed by atoms with Gasteiger partial charge in [-0.25, -0.2) is 0 Å². The molecule has 43 heavy (non-hydrogen) atoms. The van der Waals surface area contributed by atoms with Crippen molar-refractivity contribution >= 4 is 40.9 Å². The Labute approximate surface area is 283 Å². The number of nitrogens with zero attached hydrogens (tertiary/aromatic N) is 4. The summed E-state index contributed by atoms with van der Waals surface area (Å²) in [4.78, 5) is 15.9. The molecule has 0 saturated carbocycles. The van der Waals surface area contributed by atoms with Crippen molar-refractivity contribution in [1.82, 2.24) is 9.80 Å². The molecule has 0 amide bonds. The van der Waals surface area contributed by atoms with Gasteiger partial charge in [0.05, 0.1) is 12.1 Å². The first kappa shape index (κ1) is 36.6. The number of hydrogen-bond acceptors (Lipinski definition) is 4. The molecule has 0 radical (unpaired) electrons. The Balaban J connectivity index is 0.00000162. The second-order valence-electron chi connectivity index (χ2n) is 15.8. The van der Waals surface area contributed by atoms with Gasteiger partial charge in [0.1, 0.15) is 0 Å². The molecule has 0 aromatic heterocycles. The van der Waals surface area contributed by atoms with Crippen molar-refractivity contribution < 1.29 is 10.9 Å². The fraction of sp³-hybridized carbons (Fsp3) is 0.611. The van der Waals surface area contributed by atoms with Gasteiger partial charge in [-0.1, -0.05) is 48.5 Å². The summed E-state index contributed by atoms with van der Waals surface area (Å²) in [6.07, 6.45) is 4.37. The quantitative estimate of drug-likeness (QED) is 0.217. The molecule has 4 nitrogen and oxygen atoms in total. The van der Waals surface area contributed by atoms with Gasteiger partial charge in [-0.05, 0) is 105 Å². The maximum absolute atomic E-state index is 5.41. The summed E-state index contributed by atoms with van der Waals surface area (Å²) < 4.78 is 0. The molecular formula is C36H54Br2N4Ni+2. The van der Waals surface area contributed by atoms with Crippen LogP contribution in [0, 0.1) is 0 Å². The number of hydrogen-bond donors (Lipinski definition) is 0. The molecule has 0 N–H and O–H groups in total. The molecule has 0 unspecified atom stereocenters. The van der Waals surface area contributed by atoms with Crippen molar-refractivity contribution in [1.29, 1.82) is 0 Å². The average Bonchev–Trinajstić information content (AvgIpc) is 2.87. The van der Waals surface area contributed by atoms with Crippen LogP contribution >= 0.6 is 28.5 Å². The van der Waals surface area contributed by atoms with Crippen molar-refractivity contribution in [2.75, 3.05) is 13.1 Å². The van der Waals surface area contributed by atoms with Crippen molar-refractivity contribution in [3.63, 3.8) is 0 Å². The van der Waals surface area contributed by atoms with E-state index in [9.17, 15) is 0 Å². The number of rotatable bonds is 6. The Morgan fingerprint density at radius 2 is 0.791 bits per heavy atom. The van der Waals surface area contributed by atoms with Gasteiger partial charge in [0, 0.05) is 59.5 Å². The number of benzene rings is 2. The van der Waals surface area contributed by atoms with Gasteiger partial charge in [0.2, 0.25) is 0 Å². The third kappa shape index (κ3) is 8.70. The van der Waals surface area contributed by atoms with Crippen molar-refractivity contribution in [2.45, 2.75) is 129 Å². The van der Waals surface area contributed by atoms with Gasteiger partial charge in [-0.3, -0.25) is 19.8 Å². The van der Waals surface area contributed by atoms with E-state index in [1.54, 1.807) is 0 Å². The summed E-state index contributed by atoms with van der Waals surface area (Å²) in [5.41, 5.74) is 5.91. The Morgan fingerprint density at radius 3 is 1.00 bits per heavy atom. The van der Waals surface area contributed by atoms with E-state index in [0.717, 1.165) is 13.1 Å². The molecule has 240 valence electrons. The fourth-order valence-corrected chi connectivity index (χ4v) is 7.58. The Bertz CT molecular complexity index is 1090. The minimum atomic E-state index is 0.0516. The first-order chi connectivity index (χ1) is 19.8. The molecule has 0 saturated heterocycles. The average molecular weight is 761 g/mol. The zero-order valence-electron chi connectivity index (χ0n) is 28.4. The van der Waals surface area contributed by atoms with Gasteiger partial charge in [-0.2, -0.15) is 0 Å². The summed E-state index contributed by atoms with van der Waals surface area (Å²) in [6.45, 7) is 29.2. The van der Waals surface area contributed by atoms with E-state index >= 15 is 0 Å². The van der Waals surface area contributed by atoms with E-state index in [1.165, 1.54) is 33.2 Å². The number of halogens is 2. The van der Waals surface area contributed by atoms with E-state index < -0.39 is 0 Å². The molecule has 5 rings (SSSR count). The molecule has 2 aromatic carbocycles. The van der Waals surface area contributed by atoms with Crippen LogP contribution in [0.3, 0.4) is 0 Å². The number of aliphatic imine (C=N–C) groups is 2. The molecule has 3 aliphatic rings. The van der Waals surface area contributed by atoms with Crippen LogP contribution in [-0.4, -0.2) is 69.6 Å².